The zero-order valence-corrected chi connectivity index (χ0v) is 13.3. The summed E-state index contributed by atoms with van der Waals surface area (Å²) >= 11 is 0. The topological polar surface area (TPSA) is 55.3 Å². The molecule has 0 unspecified atom stereocenters. The summed E-state index contributed by atoms with van der Waals surface area (Å²) in [5, 5.41) is 0. The Morgan fingerprint density at radius 2 is 1.79 bits per heavy atom. The largest absolute Gasteiger partial charge is 0.439 e. The van der Waals surface area contributed by atoms with Crippen molar-refractivity contribution in [2.24, 2.45) is 0 Å². The first-order valence-corrected chi connectivity index (χ1v) is 7.56. The van der Waals surface area contributed by atoms with Gasteiger partial charge in [0.1, 0.15) is 5.75 Å². The van der Waals surface area contributed by atoms with Crippen LogP contribution in [0.15, 0.2) is 73.2 Å². The monoisotopic (exact) mass is 319 g/mol. The first kappa shape index (κ1) is 15.7. The van der Waals surface area contributed by atoms with Crippen molar-refractivity contribution < 1.29 is 9.53 Å². The van der Waals surface area contributed by atoms with Crippen molar-refractivity contribution in [2.45, 2.75) is 6.54 Å². The van der Waals surface area contributed by atoms with Gasteiger partial charge in [0.25, 0.3) is 5.91 Å². The van der Waals surface area contributed by atoms with Crippen molar-refractivity contribution in [3.05, 3.63) is 84.3 Å². The van der Waals surface area contributed by atoms with Gasteiger partial charge in [0.2, 0.25) is 5.88 Å². The molecule has 5 nitrogen and oxygen atoms in total. The summed E-state index contributed by atoms with van der Waals surface area (Å²) in [6.45, 7) is 0.517. The van der Waals surface area contributed by atoms with Gasteiger partial charge >= 0.3 is 0 Å². The van der Waals surface area contributed by atoms with Crippen LogP contribution in [0.4, 0.5) is 0 Å². The van der Waals surface area contributed by atoms with Gasteiger partial charge < -0.3 is 9.64 Å². The number of amides is 1. The molecule has 1 amide bonds. The lowest BCUT2D eigenvalue weighted by atomic mass is 10.2. The van der Waals surface area contributed by atoms with Crippen molar-refractivity contribution >= 4 is 5.91 Å². The number of aromatic nitrogens is 2. The van der Waals surface area contributed by atoms with Crippen LogP contribution in [0.5, 0.6) is 11.6 Å². The van der Waals surface area contributed by atoms with Crippen molar-refractivity contribution in [1.82, 2.24) is 14.9 Å². The SMILES string of the molecule is CN(Cc1ccncc1)C(=O)c1ccc(Oc2ccccc2)nc1. The van der Waals surface area contributed by atoms with Crippen LogP contribution in [-0.2, 0) is 6.54 Å². The van der Waals surface area contributed by atoms with Crippen molar-refractivity contribution in [3.8, 4) is 11.6 Å². The Morgan fingerprint density at radius 3 is 2.46 bits per heavy atom. The van der Waals surface area contributed by atoms with Crippen LogP contribution in [0, 0.1) is 0 Å². The van der Waals surface area contributed by atoms with E-state index in [-0.39, 0.29) is 5.91 Å². The maximum atomic E-state index is 12.4. The predicted octanol–water partition coefficient (Wildman–Crippen LogP) is 3.54. The molecular weight excluding hydrogens is 302 g/mol. The highest BCUT2D eigenvalue weighted by Gasteiger charge is 2.13. The first-order valence-electron chi connectivity index (χ1n) is 7.56. The summed E-state index contributed by atoms with van der Waals surface area (Å²) in [6, 6.07) is 16.6. The molecule has 2 aromatic heterocycles. The van der Waals surface area contributed by atoms with Gasteiger partial charge in [-0.1, -0.05) is 18.2 Å². The number of nitrogens with zero attached hydrogens (tertiary/aromatic N) is 3. The van der Waals surface area contributed by atoms with Crippen LogP contribution in [0.25, 0.3) is 0 Å². The maximum absolute atomic E-state index is 12.4. The van der Waals surface area contributed by atoms with Gasteiger partial charge in [0.15, 0.2) is 0 Å². The Bertz CT molecular complexity index is 790. The molecule has 0 saturated carbocycles. The molecule has 1 aromatic carbocycles. The molecule has 2 heterocycles. The number of pyridine rings is 2. The standard InChI is InChI=1S/C19H17N3O2/c1-22(14-15-9-11-20-12-10-15)19(23)16-7-8-18(21-13-16)24-17-5-3-2-4-6-17/h2-13H,14H2,1H3. The van der Waals surface area contributed by atoms with E-state index in [1.165, 1.54) is 6.20 Å². The highest BCUT2D eigenvalue weighted by Crippen LogP contribution is 2.19. The number of rotatable bonds is 5. The molecular formula is C19H17N3O2. The van der Waals surface area contributed by atoms with Gasteiger partial charge in [0.05, 0.1) is 5.56 Å². The van der Waals surface area contributed by atoms with Gasteiger partial charge in [-0.15, -0.1) is 0 Å². The van der Waals surface area contributed by atoms with E-state index < -0.39 is 0 Å². The Hall–Kier alpha value is -3.21. The van der Waals surface area contributed by atoms with E-state index in [2.05, 4.69) is 9.97 Å². The van der Waals surface area contributed by atoms with Crippen molar-refractivity contribution in [1.29, 1.82) is 0 Å². The van der Waals surface area contributed by atoms with Crippen LogP contribution in [0.2, 0.25) is 0 Å². The van der Waals surface area contributed by atoms with Gasteiger partial charge in [0, 0.05) is 38.2 Å². The molecule has 0 N–H and O–H groups in total. The smallest absolute Gasteiger partial charge is 0.255 e. The fraction of sp³-hybridized carbons (Fsp3) is 0.105. The normalized spacial score (nSPS) is 10.2. The molecule has 0 radical (unpaired) electrons. The molecule has 0 spiro atoms. The number of para-hydroxylation sites is 1. The first-order chi connectivity index (χ1) is 11.7. The second kappa shape index (κ2) is 7.37. The molecule has 0 atom stereocenters. The Labute approximate surface area is 140 Å². The fourth-order valence-corrected chi connectivity index (χ4v) is 2.23. The van der Waals surface area contributed by atoms with Gasteiger partial charge in [-0.05, 0) is 35.9 Å². The summed E-state index contributed by atoms with van der Waals surface area (Å²) in [4.78, 5) is 22.3. The third kappa shape index (κ3) is 3.95. The van der Waals surface area contributed by atoms with E-state index in [1.54, 1.807) is 36.5 Å². The van der Waals surface area contributed by atoms with Crippen LogP contribution >= 0.6 is 0 Å². The van der Waals surface area contributed by atoms with Crippen LogP contribution in [-0.4, -0.2) is 27.8 Å². The summed E-state index contributed by atoms with van der Waals surface area (Å²) in [7, 11) is 1.76. The van der Waals surface area contributed by atoms with Gasteiger partial charge in [-0.2, -0.15) is 0 Å². The molecule has 0 aliphatic heterocycles. The third-order valence-electron chi connectivity index (χ3n) is 3.46. The molecule has 0 fully saturated rings. The van der Waals surface area contributed by atoms with E-state index in [0.29, 0.717) is 23.7 Å². The van der Waals surface area contributed by atoms with Gasteiger partial charge in [-0.25, -0.2) is 4.98 Å². The Kier molecular flexibility index (Phi) is 4.81. The molecule has 0 aliphatic carbocycles. The summed E-state index contributed by atoms with van der Waals surface area (Å²) in [5.74, 6) is 1.07. The zero-order chi connectivity index (χ0) is 16.8. The van der Waals surface area contributed by atoms with E-state index >= 15 is 0 Å². The molecule has 0 bridgehead atoms. The number of hydrogen-bond acceptors (Lipinski definition) is 4. The summed E-state index contributed by atoms with van der Waals surface area (Å²) < 4.78 is 5.63. The average molecular weight is 319 g/mol. The van der Waals surface area contributed by atoms with Crippen LogP contribution < -0.4 is 4.74 Å². The molecule has 24 heavy (non-hydrogen) atoms. The molecule has 3 aromatic rings. The molecule has 0 aliphatic rings. The minimum atomic E-state index is -0.0921. The second-order valence-electron chi connectivity index (χ2n) is 5.32. The lowest BCUT2D eigenvalue weighted by molar-refractivity contribution is 0.0784. The van der Waals surface area contributed by atoms with E-state index in [1.807, 2.05) is 42.5 Å². The number of carbonyl (C=O) groups is 1. The minimum Gasteiger partial charge on any atom is -0.439 e. The lowest BCUT2D eigenvalue weighted by Gasteiger charge is -2.17. The summed E-state index contributed by atoms with van der Waals surface area (Å²) in [6.07, 6.45) is 4.96. The maximum Gasteiger partial charge on any atom is 0.255 e. The number of ether oxygens (including phenoxy) is 1. The zero-order valence-electron chi connectivity index (χ0n) is 13.3. The number of hydrogen-bond donors (Lipinski definition) is 0. The van der Waals surface area contributed by atoms with Crippen LogP contribution in [0.3, 0.4) is 0 Å². The minimum absolute atomic E-state index is 0.0921. The molecule has 5 heteroatoms. The van der Waals surface area contributed by atoms with Gasteiger partial charge in [-0.3, -0.25) is 9.78 Å². The van der Waals surface area contributed by atoms with Crippen molar-refractivity contribution in [2.75, 3.05) is 7.05 Å². The highest BCUT2D eigenvalue weighted by atomic mass is 16.5. The number of carbonyl (C=O) groups excluding carboxylic acids is 1. The fourth-order valence-electron chi connectivity index (χ4n) is 2.23. The Morgan fingerprint density at radius 1 is 1.04 bits per heavy atom. The lowest BCUT2D eigenvalue weighted by Crippen LogP contribution is -2.26. The van der Waals surface area contributed by atoms with E-state index in [0.717, 1.165) is 5.56 Å². The van der Waals surface area contributed by atoms with E-state index in [9.17, 15) is 4.79 Å². The number of benzene rings is 1. The second-order valence-corrected chi connectivity index (χ2v) is 5.32. The molecule has 120 valence electrons. The molecule has 3 rings (SSSR count). The summed E-state index contributed by atoms with van der Waals surface area (Å²) in [5.41, 5.74) is 1.55. The van der Waals surface area contributed by atoms with E-state index in [4.69, 9.17) is 4.74 Å². The van der Waals surface area contributed by atoms with Crippen molar-refractivity contribution in [3.63, 3.8) is 0 Å². The Balaban J connectivity index is 1.65. The average Bonchev–Trinajstić information content (AvgIpc) is 2.63. The molecule has 0 saturated heterocycles. The quantitative estimate of drug-likeness (QED) is 0.722. The van der Waals surface area contributed by atoms with Crippen LogP contribution in [0.1, 0.15) is 15.9 Å². The highest BCUT2D eigenvalue weighted by molar-refractivity contribution is 5.93. The third-order valence-corrected chi connectivity index (χ3v) is 3.46. The predicted molar refractivity (Wildman–Crippen MR) is 90.8 cm³/mol.